The first-order valence-corrected chi connectivity index (χ1v) is 10.5. The van der Waals surface area contributed by atoms with Crippen molar-refractivity contribution in [1.29, 1.82) is 0 Å². The maximum absolute atomic E-state index is 11.9. The van der Waals surface area contributed by atoms with Crippen LogP contribution in [-0.2, 0) is 17.8 Å². The number of amides is 1. The van der Waals surface area contributed by atoms with Crippen molar-refractivity contribution in [2.75, 3.05) is 25.0 Å². The molecule has 1 amide bonds. The number of nitrogens with one attached hydrogen (secondary N) is 3. The lowest BCUT2D eigenvalue weighted by atomic mass is 10.1. The first kappa shape index (κ1) is 20.0. The van der Waals surface area contributed by atoms with Gasteiger partial charge in [-0.15, -0.1) is 0 Å². The van der Waals surface area contributed by atoms with Crippen LogP contribution in [-0.4, -0.2) is 37.0 Å². The molecule has 6 heteroatoms. The van der Waals surface area contributed by atoms with Crippen LogP contribution in [0, 0.1) is 6.92 Å². The lowest BCUT2D eigenvalue weighted by Crippen LogP contribution is -2.37. The van der Waals surface area contributed by atoms with E-state index >= 15 is 0 Å². The number of H-pyrrole nitrogens is 1. The van der Waals surface area contributed by atoms with Gasteiger partial charge in [-0.1, -0.05) is 30.3 Å². The van der Waals surface area contributed by atoms with Gasteiger partial charge < -0.3 is 20.5 Å². The molecule has 156 valence electrons. The number of aromatic nitrogens is 1. The molecule has 0 aliphatic carbocycles. The molecular formula is C24H29N5O. The van der Waals surface area contributed by atoms with Gasteiger partial charge in [0.25, 0.3) is 0 Å². The molecule has 4 rings (SSSR count). The summed E-state index contributed by atoms with van der Waals surface area (Å²) in [5.41, 5.74) is 5.93. The number of guanidine groups is 1. The highest BCUT2D eigenvalue weighted by Crippen LogP contribution is 2.22. The van der Waals surface area contributed by atoms with Crippen molar-refractivity contribution in [3.63, 3.8) is 0 Å². The second-order valence-electron chi connectivity index (χ2n) is 7.73. The second-order valence-corrected chi connectivity index (χ2v) is 7.73. The van der Waals surface area contributed by atoms with Crippen molar-refractivity contribution in [3.05, 3.63) is 65.4 Å². The van der Waals surface area contributed by atoms with Crippen LogP contribution in [0.1, 0.15) is 29.5 Å². The number of nitrogens with zero attached hydrogens (tertiary/aromatic N) is 2. The zero-order valence-electron chi connectivity index (χ0n) is 17.7. The smallest absolute Gasteiger partial charge is 0.227 e. The van der Waals surface area contributed by atoms with Crippen molar-refractivity contribution < 1.29 is 4.79 Å². The molecular weight excluding hydrogens is 374 g/mol. The maximum atomic E-state index is 11.9. The SMILES string of the molecule is CN=C(NCCc1c[nH]c2c(C)cccc12)NCc1ccc(N2CCCC2=O)cc1. The number of anilines is 1. The predicted octanol–water partition coefficient (Wildman–Crippen LogP) is 3.51. The molecule has 0 unspecified atom stereocenters. The fourth-order valence-corrected chi connectivity index (χ4v) is 4.01. The number of aliphatic imine (C=N–C) groups is 1. The van der Waals surface area contributed by atoms with Gasteiger partial charge in [0.2, 0.25) is 5.91 Å². The van der Waals surface area contributed by atoms with E-state index in [1.54, 1.807) is 7.05 Å². The lowest BCUT2D eigenvalue weighted by molar-refractivity contribution is -0.117. The summed E-state index contributed by atoms with van der Waals surface area (Å²) in [4.78, 5) is 21.4. The molecule has 0 saturated carbocycles. The van der Waals surface area contributed by atoms with Gasteiger partial charge in [0.15, 0.2) is 5.96 Å². The van der Waals surface area contributed by atoms with E-state index in [4.69, 9.17) is 0 Å². The number of para-hydroxylation sites is 1. The van der Waals surface area contributed by atoms with Gasteiger partial charge in [-0.05, 0) is 48.6 Å². The molecule has 1 aromatic heterocycles. The Labute approximate surface area is 177 Å². The van der Waals surface area contributed by atoms with E-state index in [0.717, 1.165) is 43.1 Å². The van der Waals surface area contributed by atoms with Crippen LogP contribution in [0.4, 0.5) is 5.69 Å². The van der Waals surface area contributed by atoms with Crippen LogP contribution < -0.4 is 15.5 Å². The van der Waals surface area contributed by atoms with Crippen LogP contribution in [0.25, 0.3) is 10.9 Å². The molecule has 6 nitrogen and oxygen atoms in total. The van der Waals surface area contributed by atoms with Crippen LogP contribution in [0.3, 0.4) is 0 Å². The van der Waals surface area contributed by atoms with Crippen molar-refractivity contribution >= 4 is 28.5 Å². The number of aryl methyl sites for hydroxylation is 1. The molecule has 0 radical (unpaired) electrons. The highest BCUT2D eigenvalue weighted by molar-refractivity contribution is 5.95. The minimum atomic E-state index is 0.218. The molecule has 3 aromatic rings. The second kappa shape index (κ2) is 9.03. The van der Waals surface area contributed by atoms with Gasteiger partial charge in [0, 0.05) is 55.9 Å². The Morgan fingerprint density at radius 2 is 2.00 bits per heavy atom. The third kappa shape index (κ3) is 4.32. The first-order valence-electron chi connectivity index (χ1n) is 10.5. The third-order valence-corrected chi connectivity index (χ3v) is 5.70. The average molecular weight is 404 g/mol. The molecule has 1 aliphatic rings. The Kier molecular flexibility index (Phi) is 6.02. The highest BCUT2D eigenvalue weighted by Gasteiger charge is 2.21. The minimum absolute atomic E-state index is 0.218. The van der Waals surface area contributed by atoms with E-state index in [2.05, 4.69) is 64.1 Å². The van der Waals surface area contributed by atoms with Crippen molar-refractivity contribution in [2.24, 2.45) is 4.99 Å². The summed E-state index contributed by atoms with van der Waals surface area (Å²) in [6, 6.07) is 14.6. The topological polar surface area (TPSA) is 72.5 Å². The van der Waals surface area contributed by atoms with E-state index in [9.17, 15) is 4.79 Å². The van der Waals surface area contributed by atoms with Gasteiger partial charge in [0.05, 0.1) is 0 Å². The normalized spacial score (nSPS) is 14.5. The summed E-state index contributed by atoms with van der Waals surface area (Å²) in [7, 11) is 1.78. The molecule has 1 saturated heterocycles. The highest BCUT2D eigenvalue weighted by atomic mass is 16.2. The number of hydrogen-bond acceptors (Lipinski definition) is 2. The molecule has 0 atom stereocenters. The van der Waals surface area contributed by atoms with E-state index in [0.29, 0.717) is 13.0 Å². The fourth-order valence-electron chi connectivity index (χ4n) is 4.01. The van der Waals surface area contributed by atoms with Gasteiger partial charge in [-0.25, -0.2) is 0 Å². The zero-order chi connectivity index (χ0) is 20.9. The van der Waals surface area contributed by atoms with Crippen LogP contribution >= 0.6 is 0 Å². The van der Waals surface area contributed by atoms with E-state index in [1.165, 1.54) is 22.0 Å². The molecule has 2 aromatic carbocycles. The quantitative estimate of drug-likeness (QED) is 0.436. The number of benzene rings is 2. The van der Waals surface area contributed by atoms with Gasteiger partial charge >= 0.3 is 0 Å². The Hall–Kier alpha value is -3.28. The zero-order valence-corrected chi connectivity index (χ0v) is 17.7. The van der Waals surface area contributed by atoms with Crippen molar-refractivity contribution in [2.45, 2.75) is 32.7 Å². The lowest BCUT2D eigenvalue weighted by Gasteiger charge is -2.16. The summed E-state index contributed by atoms with van der Waals surface area (Å²) in [5, 5.41) is 8.04. The summed E-state index contributed by atoms with van der Waals surface area (Å²) in [6.07, 6.45) is 4.62. The molecule has 1 fully saturated rings. The maximum Gasteiger partial charge on any atom is 0.227 e. The van der Waals surface area contributed by atoms with Crippen LogP contribution in [0.2, 0.25) is 0 Å². The van der Waals surface area contributed by atoms with Crippen molar-refractivity contribution in [1.82, 2.24) is 15.6 Å². The Bertz CT molecular complexity index is 1050. The first-order chi connectivity index (χ1) is 14.7. The summed E-state index contributed by atoms with van der Waals surface area (Å²) in [6.45, 7) is 4.43. The average Bonchev–Trinajstić information content (AvgIpc) is 3.38. The minimum Gasteiger partial charge on any atom is -0.361 e. The standard InChI is InChI=1S/C24H29N5O/c1-17-5-3-6-21-19(16-27-23(17)21)12-13-26-24(25-2)28-15-18-8-10-20(11-9-18)29-14-4-7-22(29)30/h3,5-6,8-11,16,27H,4,7,12-15H2,1-2H3,(H2,25,26,28). The Morgan fingerprint density at radius 1 is 1.17 bits per heavy atom. The Morgan fingerprint density at radius 3 is 2.73 bits per heavy atom. The number of aromatic amines is 1. The van der Waals surface area contributed by atoms with E-state index < -0.39 is 0 Å². The van der Waals surface area contributed by atoms with Crippen LogP contribution in [0.5, 0.6) is 0 Å². The molecule has 0 bridgehead atoms. The van der Waals surface area contributed by atoms with Crippen LogP contribution in [0.15, 0.2) is 53.7 Å². The number of carbonyl (C=O) groups excluding carboxylic acids is 1. The Balaban J connectivity index is 1.27. The summed E-state index contributed by atoms with van der Waals surface area (Å²) >= 11 is 0. The molecule has 1 aliphatic heterocycles. The third-order valence-electron chi connectivity index (χ3n) is 5.70. The van der Waals surface area contributed by atoms with Gasteiger partial charge in [0.1, 0.15) is 0 Å². The fraction of sp³-hybridized carbons (Fsp3) is 0.333. The molecule has 3 N–H and O–H groups in total. The van der Waals surface area contributed by atoms with E-state index in [1.807, 2.05) is 17.0 Å². The molecule has 0 spiro atoms. The van der Waals surface area contributed by atoms with Crippen molar-refractivity contribution in [3.8, 4) is 0 Å². The summed E-state index contributed by atoms with van der Waals surface area (Å²) in [5.74, 6) is 1.00. The predicted molar refractivity (Wildman–Crippen MR) is 123 cm³/mol. The van der Waals surface area contributed by atoms with Gasteiger partial charge in [-0.2, -0.15) is 0 Å². The van der Waals surface area contributed by atoms with Gasteiger partial charge in [-0.3, -0.25) is 9.79 Å². The number of rotatable bonds is 6. The number of fused-ring (bicyclic) bond motifs is 1. The number of hydrogen-bond donors (Lipinski definition) is 3. The monoisotopic (exact) mass is 403 g/mol. The molecule has 30 heavy (non-hydrogen) atoms. The largest absolute Gasteiger partial charge is 0.361 e. The molecule has 2 heterocycles. The van der Waals surface area contributed by atoms with E-state index in [-0.39, 0.29) is 5.91 Å². The summed E-state index contributed by atoms with van der Waals surface area (Å²) < 4.78 is 0. The number of carbonyl (C=O) groups is 1.